The fourth-order valence-electron chi connectivity index (χ4n) is 4.59. The Morgan fingerprint density at radius 3 is 2.54 bits per heavy atom. The molecule has 4 rings (SSSR count). The van der Waals surface area contributed by atoms with Crippen molar-refractivity contribution in [1.82, 2.24) is 21.3 Å². The number of amides is 4. The van der Waals surface area contributed by atoms with E-state index in [0.29, 0.717) is 24.5 Å². The molecule has 4 amide bonds. The van der Waals surface area contributed by atoms with E-state index in [1.807, 2.05) is 0 Å². The second-order valence-electron chi connectivity index (χ2n) is 9.06. The fraction of sp³-hybridized carbons (Fsp3) is 0.542. The van der Waals surface area contributed by atoms with Crippen molar-refractivity contribution in [2.24, 2.45) is 5.92 Å². The average Bonchev–Trinajstić information content (AvgIpc) is 3.50. The molecule has 0 aromatic heterocycles. The molecule has 11 nitrogen and oxygen atoms in total. The molecular formula is C24H30N4O7. The van der Waals surface area contributed by atoms with Crippen LogP contribution in [0.15, 0.2) is 18.2 Å². The Hall–Kier alpha value is -3.63. The Morgan fingerprint density at radius 2 is 1.80 bits per heavy atom. The predicted octanol–water partition coefficient (Wildman–Crippen LogP) is 0.174. The average molecular weight is 487 g/mol. The Kier molecular flexibility index (Phi) is 7.84. The van der Waals surface area contributed by atoms with Crippen LogP contribution in [0.4, 0.5) is 0 Å². The molecule has 2 aliphatic heterocycles. The second-order valence-corrected chi connectivity index (χ2v) is 9.06. The van der Waals surface area contributed by atoms with Gasteiger partial charge in [0.2, 0.25) is 24.4 Å². The molecule has 35 heavy (non-hydrogen) atoms. The zero-order valence-electron chi connectivity index (χ0n) is 19.4. The number of nitrogens with one attached hydrogen (secondary N) is 4. The highest BCUT2D eigenvalue weighted by Gasteiger charge is 2.34. The van der Waals surface area contributed by atoms with Gasteiger partial charge in [0.15, 0.2) is 11.5 Å². The first-order valence-electron chi connectivity index (χ1n) is 12.0. The maximum Gasteiger partial charge on any atom is 0.289 e. The van der Waals surface area contributed by atoms with Crippen molar-refractivity contribution < 1.29 is 33.4 Å². The second kappa shape index (κ2) is 11.2. The number of Topliss-reactive ketones (excluding diaryl/α,β-unsaturated/α-hetero) is 1. The van der Waals surface area contributed by atoms with Gasteiger partial charge in [-0.05, 0) is 43.9 Å². The van der Waals surface area contributed by atoms with Crippen molar-refractivity contribution in [3.05, 3.63) is 23.8 Å². The van der Waals surface area contributed by atoms with Crippen molar-refractivity contribution in [2.45, 2.75) is 57.0 Å². The summed E-state index contributed by atoms with van der Waals surface area (Å²) in [5, 5.41) is 10.5. The third kappa shape index (κ3) is 6.28. The van der Waals surface area contributed by atoms with Gasteiger partial charge in [-0.2, -0.15) is 0 Å². The maximum absolute atomic E-state index is 12.9. The molecule has 2 atom stereocenters. The number of hydrogen-bond acceptors (Lipinski definition) is 7. The minimum absolute atomic E-state index is 0.0185. The van der Waals surface area contributed by atoms with E-state index in [4.69, 9.17) is 9.47 Å². The monoisotopic (exact) mass is 486 g/mol. The number of fused-ring (bicyclic) bond motifs is 1. The normalized spacial score (nSPS) is 20.0. The van der Waals surface area contributed by atoms with Crippen LogP contribution in [0.25, 0.3) is 0 Å². The lowest BCUT2D eigenvalue weighted by molar-refractivity contribution is -0.141. The SMILES string of the molecule is O=C(CNC(=O)c1ccc2c(c1)OCO2)NC(CC1CCNC1=O)C(=O)C(=O)NC1CCCCC1. The zero-order valence-corrected chi connectivity index (χ0v) is 19.4. The molecule has 11 heteroatoms. The lowest BCUT2D eigenvalue weighted by Gasteiger charge is -2.24. The first-order chi connectivity index (χ1) is 16.9. The van der Waals surface area contributed by atoms with Crippen LogP contribution in [0.2, 0.25) is 0 Å². The molecule has 1 saturated carbocycles. The van der Waals surface area contributed by atoms with Crippen LogP contribution in [-0.4, -0.2) is 61.4 Å². The van der Waals surface area contributed by atoms with Crippen molar-refractivity contribution in [2.75, 3.05) is 19.9 Å². The zero-order chi connectivity index (χ0) is 24.8. The third-order valence-corrected chi connectivity index (χ3v) is 6.54. The summed E-state index contributed by atoms with van der Waals surface area (Å²) in [7, 11) is 0. The summed E-state index contributed by atoms with van der Waals surface area (Å²) in [6.45, 7) is 0.155. The van der Waals surface area contributed by atoms with Gasteiger partial charge in [0.1, 0.15) is 0 Å². The molecule has 2 unspecified atom stereocenters. The van der Waals surface area contributed by atoms with E-state index in [9.17, 15) is 24.0 Å². The van der Waals surface area contributed by atoms with E-state index in [2.05, 4.69) is 21.3 Å². The number of carbonyl (C=O) groups is 5. The number of carbonyl (C=O) groups excluding carboxylic acids is 5. The van der Waals surface area contributed by atoms with Gasteiger partial charge in [-0.25, -0.2) is 0 Å². The van der Waals surface area contributed by atoms with Gasteiger partial charge >= 0.3 is 0 Å². The van der Waals surface area contributed by atoms with Gasteiger partial charge in [0, 0.05) is 24.1 Å². The van der Waals surface area contributed by atoms with Crippen LogP contribution in [0, 0.1) is 5.92 Å². The van der Waals surface area contributed by atoms with Crippen LogP contribution in [-0.2, 0) is 19.2 Å². The fourth-order valence-corrected chi connectivity index (χ4v) is 4.59. The molecule has 0 spiro atoms. The molecule has 3 aliphatic rings. The molecule has 1 aromatic rings. The molecule has 0 bridgehead atoms. The summed E-state index contributed by atoms with van der Waals surface area (Å²) in [5.74, 6) is -2.41. The minimum Gasteiger partial charge on any atom is -0.454 e. The smallest absolute Gasteiger partial charge is 0.289 e. The Bertz CT molecular complexity index is 1010. The molecule has 2 heterocycles. The summed E-state index contributed by atoms with van der Waals surface area (Å²) in [5.41, 5.74) is 0.282. The maximum atomic E-state index is 12.9. The van der Waals surface area contributed by atoms with Crippen molar-refractivity contribution >= 4 is 29.4 Å². The van der Waals surface area contributed by atoms with Crippen LogP contribution in [0.3, 0.4) is 0 Å². The third-order valence-electron chi connectivity index (χ3n) is 6.54. The molecular weight excluding hydrogens is 456 g/mol. The van der Waals surface area contributed by atoms with Crippen molar-refractivity contribution in [3.8, 4) is 11.5 Å². The van der Waals surface area contributed by atoms with E-state index in [1.54, 1.807) is 12.1 Å². The summed E-state index contributed by atoms with van der Waals surface area (Å²) in [4.78, 5) is 62.7. The Labute approximate surface area is 202 Å². The largest absolute Gasteiger partial charge is 0.454 e. The molecule has 1 saturated heterocycles. The van der Waals surface area contributed by atoms with Gasteiger partial charge in [0.05, 0.1) is 12.6 Å². The highest BCUT2D eigenvalue weighted by Crippen LogP contribution is 2.32. The van der Waals surface area contributed by atoms with Crippen LogP contribution in [0.1, 0.15) is 55.3 Å². The van der Waals surface area contributed by atoms with E-state index in [0.717, 1.165) is 32.1 Å². The van der Waals surface area contributed by atoms with Gasteiger partial charge < -0.3 is 30.7 Å². The van der Waals surface area contributed by atoms with E-state index in [1.165, 1.54) is 6.07 Å². The first kappa shape index (κ1) is 24.5. The highest BCUT2D eigenvalue weighted by molar-refractivity contribution is 6.38. The number of ketones is 1. The quantitative estimate of drug-likeness (QED) is 0.363. The molecule has 2 fully saturated rings. The molecule has 1 aromatic carbocycles. The molecule has 1 aliphatic carbocycles. The highest BCUT2D eigenvalue weighted by atomic mass is 16.7. The summed E-state index contributed by atoms with van der Waals surface area (Å²) >= 11 is 0. The van der Waals surface area contributed by atoms with Crippen LogP contribution in [0.5, 0.6) is 11.5 Å². The molecule has 4 N–H and O–H groups in total. The van der Waals surface area contributed by atoms with Gasteiger partial charge in [-0.1, -0.05) is 19.3 Å². The van der Waals surface area contributed by atoms with Gasteiger partial charge in [-0.3, -0.25) is 24.0 Å². The molecule has 188 valence electrons. The lowest BCUT2D eigenvalue weighted by atomic mass is 9.93. The van der Waals surface area contributed by atoms with Crippen molar-refractivity contribution in [3.63, 3.8) is 0 Å². The standard InChI is InChI=1S/C24H30N4O7/c29-20(12-26-23(32)14-6-7-18-19(11-14)35-13-34-18)28-17(10-15-8-9-25-22(15)31)21(30)24(33)27-16-4-2-1-3-5-16/h6-7,11,15-17H,1-5,8-10,12-13H2,(H,25,31)(H,26,32)(H,27,33)(H,28,29). The predicted molar refractivity (Wildman–Crippen MR) is 123 cm³/mol. The number of rotatable bonds is 9. The summed E-state index contributed by atoms with van der Waals surface area (Å²) in [6.07, 6.45) is 5.25. The van der Waals surface area contributed by atoms with E-state index < -0.39 is 42.0 Å². The van der Waals surface area contributed by atoms with E-state index >= 15 is 0 Å². The van der Waals surface area contributed by atoms with E-state index in [-0.39, 0.29) is 30.7 Å². The molecule has 0 radical (unpaired) electrons. The minimum atomic E-state index is -1.16. The number of hydrogen-bond donors (Lipinski definition) is 4. The number of benzene rings is 1. The topological polar surface area (TPSA) is 152 Å². The summed E-state index contributed by atoms with van der Waals surface area (Å²) < 4.78 is 10.5. The first-order valence-corrected chi connectivity index (χ1v) is 12.0. The van der Waals surface area contributed by atoms with Crippen LogP contribution < -0.4 is 30.7 Å². The Balaban J connectivity index is 1.34. The van der Waals surface area contributed by atoms with Crippen LogP contribution >= 0.6 is 0 Å². The number of ether oxygens (including phenoxy) is 2. The van der Waals surface area contributed by atoms with Gasteiger partial charge in [0.25, 0.3) is 11.8 Å². The van der Waals surface area contributed by atoms with Crippen molar-refractivity contribution in [1.29, 1.82) is 0 Å². The summed E-state index contributed by atoms with van der Waals surface area (Å²) in [6, 6.07) is 3.43. The Morgan fingerprint density at radius 1 is 1.03 bits per heavy atom. The van der Waals surface area contributed by atoms with Gasteiger partial charge in [-0.15, -0.1) is 0 Å². The lowest BCUT2D eigenvalue weighted by Crippen LogP contribution is -2.52.